The molecule has 0 aliphatic rings. The third kappa shape index (κ3) is 5.46. The number of hydrazine groups is 1. The molecule has 2 N–H and O–H groups in total. The summed E-state index contributed by atoms with van der Waals surface area (Å²) in [5, 5.41) is 3.30. The highest BCUT2D eigenvalue weighted by Crippen LogP contribution is 2.22. The molecule has 0 saturated heterocycles. The summed E-state index contributed by atoms with van der Waals surface area (Å²) in [6.45, 7) is 2.29. The summed E-state index contributed by atoms with van der Waals surface area (Å²) in [7, 11) is 1.44. The maximum absolute atomic E-state index is 12.3. The predicted molar refractivity (Wildman–Crippen MR) is 111 cm³/mol. The Morgan fingerprint density at radius 2 is 1.83 bits per heavy atom. The van der Waals surface area contributed by atoms with Gasteiger partial charge in [0, 0.05) is 16.0 Å². The standard InChI is InChI=1S/C20H18ClN3O4S/c1-12-22-15(11-29-12)10-28-16-6-3-13(4-7-16)19(25)23-24-20(26)17-9-14(21)5-8-18(17)27-2/h3-9,11H,10H2,1-2H3,(H,23,25)(H,24,26). The van der Waals surface area contributed by atoms with Gasteiger partial charge in [0.2, 0.25) is 0 Å². The Labute approximate surface area is 176 Å². The van der Waals surface area contributed by atoms with Crippen molar-refractivity contribution in [3.8, 4) is 11.5 Å². The first-order valence-corrected chi connectivity index (χ1v) is 9.80. The van der Waals surface area contributed by atoms with Crippen molar-refractivity contribution in [2.24, 2.45) is 0 Å². The van der Waals surface area contributed by atoms with Crippen LogP contribution in [0, 0.1) is 6.92 Å². The zero-order chi connectivity index (χ0) is 20.8. The third-order valence-electron chi connectivity index (χ3n) is 3.87. The summed E-state index contributed by atoms with van der Waals surface area (Å²) in [6, 6.07) is 11.2. The van der Waals surface area contributed by atoms with Gasteiger partial charge in [-0.15, -0.1) is 11.3 Å². The zero-order valence-electron chi connectivity index (χ0n) is 15.7. The van der Waals surface area contributed by atoms with Crippen LogP contribution >= 0.6 is 22.9 Å². The summed E-state index contributed by atoms with van der Waals surface area (Å²) < 4.78 is 10.8. The van der Waals surface area contributed by atoms with Gasteiger partial charge >= 0.3 is 0 Å². The average molecular weight is 432 g/mol. The van der Waals surface area contributed by atoms with Gasteiger partial charge in [0.1, 0.15) is 18.1 Å². The minimum Gasteiger partial charge on any atom is -0.496 e. The highest BCUT2D eigenvalue weighted by molar-refractivity contribution is 7.09. The molecule has 0 aliphatic heterocycles. The Morgan fingerprint density at radius 1 is 1.10 bits per heavy atom. The van der Waals surface area contributed by atoms with E-state index < -0.39 is 11.8 Å². The molecule has 9 heteroatoms. The number of aryl methyl sites for hydroxylation is 1. The Kier molecular flexibility index (Phi) is 6.69. The number of methoxy groups -OCH3 is 1. The topological polar surface area (TPSA) is 89.6 Å². The van der Waals surface area contributed by atoms with Crippen molar-refractivity contribution in [1.82, 2.24) is 15.8 Å². The molecule has 0 atom stereocenters. The van der Waals surface area contributed by atoms with Crippen LogP contribution in [-0.2, 0) is 6.61 Å². The Balaban J connectivity index is 1.55. The maximum Gasteiger partial charge on any atom is 0.273 e. The minimum atomic E-state index is -0.545. The molecule has 1 heterocycles. The molecule has 1 aromatic heterocycles. The van der Waals surface area contributed by atoms with Crippen LogP contribution in [0.5, 0.6) is 11.5 Å². The Morgan fingerprint density at radius 3 is 2.48 bits per heavy atom. The maximum atomic E-state index is 12.3. The van der Waals surface area contributed by atoms with Crippen LogP contribution in [0.25, 0.3) is 0 Å². The molecule has 0 unspecified atom stereocenters. The first-order valence-electron chi connectivity index (χ1n) is 8.54. The number of thiazole rings is 1. The molecule has 0 saturated carbocycles. The molecular weight excluding hydrogens is 414 g/mol. The van der Waals surface area contributed by atoms with E-state index >= 15 is 0 Å². The molecule has 150 valence electrons. The Bertz CT molecular complexity index is 1020. The van der Waals surface area contributed by atoms with Crippen LogP contribution in [-0.4, -0.2) is 23.9 Å². The fourth-order valence-electron chi connectivity index (χ4n) is 2.45. The van der Waals surface area contributed by atoms with Crippen molar-refractivity contribution in [1.29, 1.82) is 0 Å². The van der Waals surface area contributed by atoms with E-state index in [9.17, 15) is 9.59 Å². The second-order valence-corrected chi connectivity index (χ2v) is 7.42. The van der Waals surface area contributed by atoms with Crippen molar-refractivity contribution < 1.29 is 19.1 Å². The van der Waals surface area contributed by atoms with E-state index in [0.29, 0.717) is 28.7 Å². The molecule has 7 nitrogen and oxygen atoms in total. The SMILES string of the molecule is COc1ccc(Cl)cc1C(=O)NNC(=O)c1ccc(OCc2csc(C)n2)cc1. The first kappa shape index (κ1) is 20.6. The largest absolute Gasteiger partial charge is 0.496 e. The average Bonchev–Trinajstić information content (AvgIpc) is 3.15. The van der Waals surface area contributed by atoms with Crippen LogP contribution in [0.2, 0.25) is 5.02 Å². The fraction of sp³-hybridized carbons (Fsp3) is 0.150. The lowest BCUT2D eigenvalue weighted by Gasteiger charge is -2.11. The lowest BCUT2D eigenvalue weighted by Crippen LogP contribution is -2.41. The lowest BCUT2D eigenvalue weighted by molar-refractivity contribution is 0.0845. The van der Waals surface area contributed by atoms with E-state index in [1.54, 1.807) is 47.7 Å². The van der Waals surface area contributed by atoms with Crippen molar-refractivity contribution in [2.75, 3.05) is 7.11 Å². The van der Waals surface area contributed by atoms with Gasteiger partial charge in [0.25, 0.3) is 11.8 Å². The van der Waals surface area contributed by atoms with Crippen LogP contribution in [0.15, 0.2) is 47.8 Å². The molecule has 29 heavy (non-hydrogen) atoms. The van der Waals surface area contributed by atoms with Crippen LogP contribution in [0.3, 0.4) is 0 Å². The number of hydrogen-bond donors (Lipinski definition) is 2. The van der Waals surface area contributed by atoms with Crippen LogP contribution < -0.4 is 20.3 Å². The summed E-state index contributed by atoms with van der Waals surface area (Å²) in [5.41, 5.74) is 6.13. The molecule has 0 aliphatic carbocycles. The molecule has 0 bridgehead atoms. The predicted octanol–water partition coefficient (Wildman–Crippen LogP) is 3.77. The number of hydrogen-bond acceptors (Lipinski definition) is 6. The second kappa shape index (κ2) is 9.40. The number of amides is 2. The molecule has 3 aromatic rings. The highest BCUT2D eigenvalue weighted by atomic mass is 35.5. The zero-order valence-corrected chi connectivity index (χ0v) is 17.3. The minimum absolute atomic E-state index is 0.210. The number of benzene rings is 2. The number of halogens is 1. The van der Waals surface area contributed by atoms with E-state index in [2.05, 4.69) is 15.8 Å². The normalized spacial score (nSPS) is 10.3. The summed E-state index contributed by atoms with van der Waals surface area (Å²) in [6.07, 6.45) is 0. The van der Waals surface area contributed by atoms with Crippen molar-refractivity contribution >= 4 is 34.8 Å². The van der Waals surface area contributed by atoms with Gasteiger partial charge in [0.05, 0.1) is 23.4 Å². The first-order chi connectivity index (χ1) is 14.0. The van der Waals surface area contributed by atoms with E-state index in [4.69, 9.17) is 21.1 Å². The number of nitrogens with one attached hydrogen (secondary N) is 2. The van der Waals surface area contributed by atoms with Gasteiger partial charge in [-0.1, -0.05) is 11.6 Å². The molecule has 2 aromatic carbocycles. The summed E-state index contributed by atoms with van der Waals surface area (Å²) in [4.78, 5) is 28.9. The molecular formula is C20H18ClN3O4S. The van der Waals surface area contributed by atoms with E-state index in [0.717, 1.165) is 10.7 Å². The van der Waals surface area contributed by atoms with Gasteiger partial charge in [0.15, 0.2) is 0 Å². The number of carbonyl (C=O) groups excluding carboxylic acids is 2. The number of rotatable bonds is 6. The number of carbonyl (C=O) groups is 2. The molecule has 3 rings (SSSR count). The van der Waals surface area contributed by atoms with Crippen LogP contribution in [0.1, 0.15) is 31.4 Å². The molecule has 0 spiro atoms. The molecule has 0 radical (unpaired) electrons. The van der Waals surface area contributed by atoms with E-state index in [-0.39, 0.29) is 5.56 Å². The summed E-state index contributed by atoms with van der Waals surface area (Å²) >= 11 is 7.48. The smallest absolute Gasteiger partial charge is 0.273 e. The fourth-order valence-corrected chi connectivity index (χ4v) is 3.21. The number of ether oxygens (including phenoxy) is 2. The van der Waals surface area contributed by atoms with E-state index in [1.165, 1.54) is 13.2 Å². The van der Waals surface area contributed by atoms with Gasteiger partial charge in [-0.2, -0.15) is 0 Å². The van der Waals surface area contributed by atoms with Gasteiger partial charge in [-0.3, -0.25) is 20.4 Å². The third-order valence-corrected chi connectivity index (χ3v) is 4.92. The van der Waals surface area contributed by atoms with Crippen LogP contribution in [0.4, 0.5) is 0 Å². The second-order valence-electron chi connectivity index (χ2n) is 5.92. The number of nitrogens with zero attached hydrogens (tertiary/aromatic N) is 1. The highest BCUT2D eigenvalue weighted by Gasteiger charge is 2.14. The number of aromatic nitrogens is 1. The van der Waals surface area contributed by atoms with Crippen molar-refractivity contribution in [3.05, 3.63) is 74.7 Å². The Hall–Kier alpha value is -3.10. The van der Waals surface area contributed by atoms with Crippen molar-refractivity contribution in [2.45, 2.75) is 13.5 Å². The lowest BCUT2D eigenvalue weighted by atomic mass is 10.2. The molecule has 2 amide bonds. The van der Waals surface area contributed by atoms with Gasteiger partial charge in [-0.25, -0.2) is 4.98 Å². The molecule has 0 fully saturated rings. The quantitative estimate of drug-likeness (QED) is 0.580. The van der Waals surface area contributed by atoms with E-state index in [1.807, 2.05) is 12.3 Å². The monoisotopic (exact) mass is 431 g/mol. The summed E-state index contributed by atoms with van der Waals surface area (Å²) in [5.74, 6) is -0.0601. The van der Waals surface area contributed by atoms with Crippen molar-refractivity contribution in [3.63, 3.8) is 0 Å². The van der Waals surface area contributed by atoms with Gasteiger partial charge < -0.3 is 9.47 Å². The van der Waals surface area contributed by atoms with Gasteiger partial charge in [-0.05, 0) is 49.4 Å².